The molecule has 0 aromatic heterocycles. The normalized spacial score (nSPS) is 14.6. The lowest BCUT2D eigenvalue weighted by atomic mass is 9.99. The molecule has 2 aromatic rings. The predicted molar refractivity (Wildman–Crippen MR) is 113 cm³/mol. The number of nitrogens with one attached hydrogen (secondary N) is 1. The van der Waals surface area contributed by atoms with E-state index in [1.165, 1.54) is 11.1 Å². The molecule has 1 unspecified atom stereocenters. The van der Waals surface area contributed by atoms with E-state index in [1.807, 2.05) is 12.1 Å². The maximum absolute atomic E-state index is 12.5. The average Bonchev–Trinajstić information content (AvgIpc) is 2.76. The number of carbonyl (C=O) groups excluding carboxylic acids is 1. The van der Waals surface area contributed by atoms with Crippen molar-refractivity contribution in [3.05, 3.63) is 53.1 Å². The number of amides is 1. The van der Waals surface area contributed by atoms with Crippen LogP contribution in [0.3, 0.4) is 0 Å². The van der Waals surface area contributed by atoms with Crippen LogP contribution in [0.4, 0.5) is 0 Å². The Morgan fingerprint density at radius 1 is 1.07 bits per heavy atom. The minimum atomic E-state index is -0.0245. The number of nitrogens with zero attached hydrogens (tertiary/aromatic N) is 1. The van der Waals surface area contributed by atoms with Gasteiger partial charge in [0.15, 0.2) is 11.5 Å². The van der Waals surface area contributed by atoms with Crippen LogP contribution in [0.15, 0.2) is 36.4 Å². The van der Waals surface area contributed by atoms with Crippen molar-refractivity contribution >= 4 is 5.91 Å². The van der Waals surface area contributed by atoms with Crippen molar-refractivity contribution < 1.29 is 19.0 Å². The zero-order valence-electron chi connectivity index (χ0n) is 17.7. The van der Waals surface area contributed by atoms with Crippen molar-refractivity contribution in [1.82, 2.24) is 10.2 Å². The number of hydrogen-bond donors (Lipinski definition) is 1. The molecule has 156 valence electrons. The van der Waals surface area contributed by atoms with Crippen molar-refractivity contribution in [2.45, 2.75) is 32.4 Å². The lowest BCUT2D eigenvalue weighted by Gasteiger charge is -2.33. The first kappa shape index (κ1) is 21.0. The van der Waals surface area contributed by atoms with Crippen LogP contribution in [0, 0.1) is 0 Å². The molecular formula is C23H30N2O4. The van der Waals surface area contributed by atoms with E-state index in [0.717, 1.165) is 25.1 Å². The van der Waals surface area contributed by atoms with E-state index in [0.29, 0.717) is 23.8 Å². The molecular weight excluding hydrogens is 368 g/mol. The Balaban J connectivity index is 1.56. The summed E-state index contributed by atoms with van der Waals surface area (Å²) in [6.45, 7) is 4.72. The highest BCUT2D eigenvalue weighted by Gasteiger charge is 2.21. The van der Waals surface area contributed by atoms with Crippen molar-refractivity contribution in [2.75, 3.05) is 34.4 Å². The maximum Gasteiger partial charge on any atom is 0.224 e. The van der Waals surface area contributed by atoms with Crippen molar-refractivity contribution in [3.63, 3.8) is 0 Å². The Hall–Kier alpha value is -2.73. The molecule has 29 heavy (non-hydrogen) atoms. The molecule has 1 heterocycles. The van der Waals surface area contributed by atoms with E-state index in [1.54, 1.807) is 21.3 Å². The Labute approximate surface area is 172 Å². The summed E-state index contributed by atoms with van der Waals surface area (Å²) in [6.07, 6.45) is 1.31. The highest BCUT2D eigenvalue weighted by Crippen LogP contribution is 2.38. The summed E-state index contributed by atoms with van der Waals surface area (Å²) in [6, 6.07) is 12.5. The van der Waals surface area contributed by atoms with Crippen LogP contribution in [0.2, 0.25) is 0 Å². The molecule has 0 aliphatic carbocycles. The molecule has 1 N–H and O–H groups in total. The van der Waals surface area contributed by atoms with E-state index in [4.69, 9.17) is 14.2 Å². The Morgan fingerprint density at radius 2 is 1.72 bits per heavy atom. The van der Waals surface area contributed by atoms with Gasteiger partial charge in [-0.15, -0.1) is 0 Å². The third-order valence-corrected chi connectivity index (χ3v) is 5.47. The fourth-order valence-corrected chi connectivity index (χ4v) is 3.77. The number of hydrogen-bond acceptors (Lipinski definition) is 5. The molecule has 1 atom stereocenters. The highest BCUT2D eigenvalue weighted by molar-refractivity contribution is 5.79. The number of ether oxygens (including phenoxy) is 3. The number of benzene rings is 2. The molecule has 0 spiro atoms. The van der Waals surface area contributed by atoms with Gasteiger partial charge in [0.1, 0.15) is 0 Å². The Bertz CT molecular complexity index is 828. The van der Waals surface area contributed by atoms with Gasteiger partial charge in [-0.1, -0.05) is 24.3 Å². The third-order valence-electron chi connectivity index (χ3n) is 5.47. The van der Waals surface area contributed by atoms with Crippen molar-refractivity contribution in [2.24, 2.45) is 0 Å². The first-order chi connectivity index (χ1) is 14.0. The standard InChI is InChI=1S/C23H30N2O4/c1-16(25-10-9-18-7-5-6-8-19(18)15-25)14-24-22(26)13-17-11-20(27-2)23(29-4)21(12-17)28-3/h5-8,11-12,16H,9-10,13-15H2,1-4H3,(H,24,26). The van der Waals surface area contributed by atoms with Crippen LogP contribution >= 0.6 is 0 Å². The Morgan fingerprint density at radius 3 is 2.34 bits per heavy atom. The monoisotopic (exact) mass is 398 g/mol. The summed E-state index contributed by atoms with van der Waals surface area (Å²) in [5, 5.41) is 3.06. The number of fused-ring (bicyclic) bond motifs is 1. The van der Waals surface area contributed by atoms with Gasteiger partial charge in [-0.2, -0.15) is 0 Å². The second-order valence-corrected chi connectivity index (χ2v) is 7.35. The fraction of sp³-hybridized carbons (Fsp3) is 0.435. The molecule has 0 bridgehead atoms. The highest BCUT2D eigenvalue weighted by atomic mass is 16.5. The second-order valence-electron chi connectivity index (χ2n) is 7.35. The molecule has 1 aliphatic rings. The van der Waals surface area contributed by atoms with E-state index in [-0.39, 0.29) is 18.4 Å². The van der Waals surface area contributed by atoms with Crippen LogP contribution in [0.25, 0.3) is 0 Å². The molecule has 2 aromatic carbocycles. The van der Waals surface area contributed by atoms with Crippen LogP contribution in [-0.4, -0.2) is 51.3 Å². The first-order valence-corrected chi connectivity index (χ1v) is 9.92. The molecule has 0 saturated carbocycles. The van der Waals surface area contributed by atoms with Crippen LogP contribution in [0.1, 0.15) is 23.6 Å². The number of methoxy groups -OCH3 is 3. The number of rotatable bonds is 8. The summed E-state index contributed by atoms with van der Waals surface area (Å²) in [4.78, 5) is 14.9. The first-order valence-electron chi connectivity index (χ1n) is 9.92. The maximum atomic E-state index is 12.5. The zero-order chi connectivity index (χ0) is 20.8. The molecule has 0 fully saturated rings. The topological polar surface area (TPSA) is 60.0 Å². The zero-order valence-corrected chi connectivity index (χ0v) is 17.7. The fourth-order valence-electron chi connectivity index (χ4n) is 3.77. The summed E-state index contributed by atoms with van der Waals surface area (Å²) >= 11 is 0. The minimum Gasteiger partial charge on any atom is -0.493 e. The molecule has 0 saturated heterocycles. The molecule has 0 radical (unpaired) electrons. The van der Waals surface area contributed by atoms with Gasteiger partial charge in [0, 0.05) is 25.7 Å². The Kier molecular flexibility index (Phi) is 6.99. The van der Waals surface area contributed by atoms with E-state index < -0.39 is 0 Å². The largest absolute Gasteiger partial charge is 0.493 e. The van der Waals surface area contributed by atoms with E-state index >= 15 is 0 Å². The summed E-state index contributed by atoms with van der Waals surface area (Å²) in [5.41, 5.74) is 3.63. The third kappa shape index (κ3) is 5.01. The summed E-state index contributed by atoms with van der Waals surface area (Å²) in [5.74, 6) is 1.60. The molecule has 1 aliphatic heterocycles. The lowest BCUT2D eigenvalue weighted by Crippen LogP contribution is -2.44. The van der Waals surface area contributed by atoms with Gasteiger partial charge in [-0.05, 0) is 42.2 Å². The van der Waals surface area contributed by atoms with Crippen LogP contribution < -0.4 is 19.5 Å². The summed E-state index contributed by atoms with van der Waals surface area (Å²) in [7, 11) is 4.70. The van der Waals surface area contributed by atoms with Gasteiger partial charge in [-0.3, -0.25) is 9.69 Å². The predicted octanol–water partition coefficient (Wildman–Crippen LogP) is 2.82. The molecule has 1 amide bonds. The summed E-state index contributed by atoms with van der Waals surface area (Å²) < 4.78 is 16.1. The van der Waals surface area contributed by atoms with Gasteiger partial charge in [0.05, 0.1) is 27.8 Å². The number of carbonyl (C=O) groups is 1. The molecule has 6 nitrogen and oxygen atoms in total. The van der Waals surface area contributed by atoms with Crippen molar-refractivity contribution in [3.8, 4) is 17.2 Å². The van der Waals surface area contributed by atoms with Crippen LogP contribution in [-0.2, 0) is 24.2 Å². The smallest absolute Gasteiger partial charge is 0.224 e. The molecule has 3 rings (SSSR count). The van der Waals surface area contributed by atoms with Gasteiger partial charge >= 0.3 is 0 Å². The van der Waals surface area contributed by atoms with E-state index in [9.17, 15) is 4.79 Å². The van der Waals surface area contributed by atoms with Gasteiger partial charge in [0.2, 0.25) is 11.7 Å². The van der Waals surface area contributed by atoms with Gasteiger partial charge in [0.25, 0.3) is 0 Å². The molecule has 6 heteroatoms. The quantitative estimate of drug-likeness (QED) is 0.741. The van der Waals surface area contributed by atoms with Gasteiger partial charge < -0.3 is 19.5 Å². The minimum absolute atomic E-state index is 0.0245. The average molecular weight is 399 g/mol. The van der Waals surface area contributed by atoms with Crippen LogP contribution in [0.5, 0.6) is 17.2 Å². The SMILES string of the molecule is COc1cc(CC(=O)NCC(C)N2CCc3ccccc3C2)cc(OC)c1OC. The lowest BCUT2D eigenvalue weighted by molar-refractivity contribution is -0.120. The second kappa shape index (κ2) is 9.65. The van der Waals surface area contributed by atoms with Crippen molar-refractivity contribution in [1.29, 1.82) is 0 Å². The van der Waals surface area contributed by atoms with E-state index in [2.05, 4.69) is 41.4 Å². The van der Waals surface area contributed by atoms with Gasteiger partial charge in [-0.25, -0.2) is 0 Å².